The first-order chi connectivity index (χ1) is 6.53. The van der Waals surface area contributed by atoms with Gasteiger partial charge in [-0.25, -0.2) is 13.1 Å². The maximum atomic E-state index is 11.5. The van der Waals surface area contributed by atoms with Gasteiger partial charge in [0.2, 0.25) is 10.0 Å². The third-order valence-electron chi connectivity index (χ3n) is 1.89. The molecule has 78 valence electrons. The molecule has 1 rings (SSSR count). The molecular weight excluding hydrogens is 202 g/mol. The molecule has 0 saturated carbocycles. The number of para-hydroxylation sites is 1. The fraction of sp³-hybridized carbons (Fsp3) is 0.250. The number of nitrogen functional groups attached to an aromatic ring is 1. The maximum Gasteiger partial charge on any atom is 0.242 e. The summed E-state index contributed by atoms with van der Waals surface area (Å²) >= 11 is 0. The van der Waals surface area contributed by atoms with E-state index in [2.05, 4.69) is 10.0 Å². The highest BCUT2D eigenvalue weighted by Crippen LogP contribution is 2.25. The molecule has 1 aromatic rings. The van der Waals surface area contributed by atoms with Crippen molar-refractivity contribution >= 4 is 21.4 Å². The van der Waals surface area contributed by atoms with Crippen LogP contribution in [0.1, 0.15) is 0 Å². The Kier molecular flexibility index (Phi) is 2.97. The maximum absolute atomic E-state index is 11.5. The quantitative estimate of drug-likeness (QED) is 0.630. The number of anilines is 2. The van der Waals surface area contributed by atoms with Crippen LogP contribution in [-0.2, 0) is 10.0 Å². The van der Waals surface area contributed by atoms with Crippen molar-refractivity contribution in [3.63, 3.8) is 0 Å². The van der Waals surface area contributed by atoms with Gasteiger partial charge < -0.3 is 11.1 Å². The Labute approximate surface area is 83.4 Å². The van der Waals surface area contributed by atoms with Gasteiger partial charge in [0.05, 0.1) is 11.4 Å². The lowest BCUT2D eigenvalue weighted by Gasteiger charge is -2.09. The number of nitrogens with one attached hydrogen (secondary N) is 2. The van der Waals surface area contributed by atoms with Crippen LogP contribution in [0, 0.1) is 0 Å². The van der Waals surface area contributed by atoms with E-state index < -0.39 is 10.0 Å². The van der Waals surface area contributed by atoms with Crippen LogP contribution in [0.3, 0.4) is 0 Å². The molecular formula is C8H13N3O2S. The molecule has 1 aromatic carbocycles. The molecule has 4 N–H and O–H groups in total. The number of hydrogen-bond donors (Lipinski definition) is 3. The minimum atomic E-state index is -3.48. The van der Waals surface area contributed by atoms with Gasteiger partial charge in [-0.3, -0.25) is 0 Å². The number of benzene rings is 1. The van der Waals surface area contributed by atoms with Crippen molar-refractivity contribution in [1.29, 1.82) is 0 Å². The highest BCUT2D eigenvalue weighted by atomic mass is 32.2. The standard InChI is InChI=1S/C8H13N3O2S/c1-10-6-4-3-5-7(8(6)9)14(12,13)11-2/h3-5,10-11H,9H2,1-2H3. The van der Waals surface area contributed by atoms with Crippen molar-refractivity contribution in [3.8, 4) is 0 Å². The summed E-state index contributed by atoms with van der Waals surface area (Å²) in [6.07, 6.45) is 0. The predicted octanol–water partition coefficient (Wildman–Crippen LogP) is 0.219. The van der Waals surface area contributed by atoms with Gasteiger partial charge in [0.25, 0.3) is 0 Å². The van der Waals surface area contributed by atoms with Crippen molar-refractivity contribution in [1.82, 2.24) is 4.72 Å². The Bertz CT molecular complexity index is 428. The normalized spacial score (nSPS) is 11.3. The molecule has 0 spiro atoms. The van der Waals surface area contributed by atoms with Crippen LogP contribution in [0.4, 0.5) is 11.4 Å². The monoisotopic (exact) mass is 215 g/mol. The largest absolute Gasteiger partial charge is 0.396 e. The van der Waals surface area contributed by atoms with Gasteiger partial charge in [-0.2, -0.15) is 0 Å². The first kappa shape index (κ1) is 10.8. The van der Waals surface area contributed by atoms with Gasteiger partial charge in [-0.05, 0) is 19.2 Å². The second kappa shape index (κ2) is 3.85. The minimum Gasteiger partial charge on any atom is -0.396 e. The Hall–Kier alpha value is -1.27. The van der Waals surface area contributed by atoms with Gasteiger partial charge in [0.1, 0.15) is 4.90 Å². The molecule has 14 heavy (non-hydrogen) atoms. The first-order valence-electron chi connectivity index (χ1n) is 4.02. The van der Waals surface area contributed by atoms with Crippen molar-refractivity contribution in [2.24, 2.45) is 0 Å². The SMILES string of the molecule is CNc1cccc(S(=O)(=O)NC)c1N. The van der Waals surface area contributed by atoms with Crippen LogP contribution in [-0.4, -0.2) is 22.5 Å². The molecule has 0 atom stereocenters. The number of hydrogen-bond acceptors (Lipinski definition) is 4. The first-order valence-corrected chi connectivity index (χ1v) is 5.51. The van der Waals surface area contributed by atoms with E-state index in [4.69, 9.17) is 5.73 Å². The highest BCUT2D eigenvalue weighted by molar-refractivity contribution is 7.89. The van der Waals surface area contributed by atoms with E-state index in [-0.39, 0.29) is 10.6 Å². The fourth-order valence-corrected chi connectivity index (χ4v) is 1.98. The molecule has 6 heteroatoms. The number of sulfonamides is 1. The van der Waals surface area contributed by atoms with Crippen molar-refractivity contribution in [2.45, 2.75) is 4.90 Å². The summed E-state index contributed by atoms with van der Waals surface area (Å²) < 4.78 is 25.2. The highest BCUT2D eigenvalue weighted by Gasteiger charge is 2.16. The van der Waals surface area contributed by atoms with E-state index in [0.717, 1.165) is 0 Å². The summed E-state index contributed by atoms with van der Waals surface area (Å²) in [4.78, 5) is 0.0897. The topological polar surface area (TPSA) is 84.2 Å². The summed E-state index contributed by atoms with van der Waals surface area (Å²) in [7, 11) is -0.446. The van der Waals surface area contributed by atoms with Crippen LogP contribution in [0.2, 0.25) is 0 Å². The van der Waals surface area contributed by atoms with E-state index in [1.165, 1.54) is 13.1 Å². The number of nitrogens with two attached hydrogens (primary N) is 1. The molecule has 0 aliphatic heterocycles. The molecule has 0 aliphatic carbocycles. The average molecular weight is 215 g/mol. The van der Waals surface area contributed by atoms with E-state index in [9.17, 15) is 8.42 Å². The van der Waals surface area contributed by atoms with Crippen molar-refractivity contribution < 1.29 is 8.42 Å². The van der Waals surface area contributed by atoms with E-state index in [1.807, 2.05) is 0 Å². The molecule has 0 bridgehead atoms. The molecule has 0 fully saturated rings. The summed E-state index contributed by atoms with van der Waals surface area (Å²) in [6, 6.07) is 4.80. The Morgan fingerprint density at radius 1 is 1.29 bits per heavy atom. The van der Waals surface area contributed by atoms with E-state index >= 15 is 0 Å². The predicted molar refractivity (Wildman–Crippen MR) is 56.6 cm³/mol. The van der Waals surface area contributed by atoms with Crippen LogP contribution < -0.4 is 15.8 Å². The van der Waals surface area contributed by atoms with Crippen molar-refractivity contribution in [2.75, 3.05) is 25.1 Å². The van der Waals surface area contributed by atoms with E-state index in [0.29, 0.717) is 5.69 Å². The summed E-state index contributed by atoms with van der Waals surface area (Å²) in [6.45, 7) is 0. The van der Waals surface area contributed by atoms with Gasteiger partial charge in [0, 0.05) is 7.05 Å². The van der Waals surface area contributed by atoms with Crippen molar-refractivity contribution in [3.05, 3.63) is 18.2 Å². The molecule has 0 aliphatic rings. The van der Waals surface area contributed by atoms with Crippen LogP contribution in [0.5, 0.6) is 0 Å². The van der Waals surface area contributed by atoms with Crippen LogP contribution in [0.15, 0.2) is 23.1 Å². The lowest BCUT2D eigenvalue weighted by Crippen LogP contribution is -2.20. The van der Waals surface area contributed by atoms with Gasteiger partial charge in [-0.1, -0.05) is 6.07 Å². The Morgan fingerprint density at radius 3 is 2.43 bits per heavy atom. The van der Waals surface area contributed by atoms with Crippen LogP contribution >= 0.6 is 0 Å². The Balaban J connectivity index is 3.37. The zero-order valence-corrected chi connectivity index (χ0v) is 8.85. The second-order valence-corrected chi connectivity index (χ2v) is 4.53. The summed E-state index contributed by atoms with van der Waals surface area (Å²) in [5.74, 6) is 0. The van der Waals surface area contributed by atoms with Gasteiger partial charge in [0.15, 0.2) is 0 Å². The second-order valence-electron chi connectivity index (χ2n) is 2.67. The number of rotatable bonds is 3. The lowest BCUT2D eigenvalue weighted by atomic mass is 10.3. The molecule has 0 unspecified atom stereocenters. The molecule has 0 radical (unpaired) electrons. The summed E-state index contributed by atoms with van der Waals surface area (Å²) in [5.41, 5.74) is 6.50. The van der Waals surface area contributed by atoms with Crippen LogP contribution in [0.25, 0.3) is 0 Å². The zero-order chi connectivity index (χ0) is 10.8. The molecule has 0 heterocycles. The zero-order valence-electron chi connectivity index (χ0n) is 8.03. The molecule has 0 amide bonds. The minimum absolute atomic E-state index is 0.0897. The average Bonchev–Trinajstić information content (AvgIpc) is 2.18. The molecule has 5 nitrogen and oxygen atoms in total. The summed E-state index contributed by atoms with van der Waals surface area (Å²) in [5, 5.41) is 2.81. The van der Waals surface area contributed by atoms with E-state index in [1.54, 1.807) is 19.2 Å². The molecule has 0 saturated heterocycles. The lowest BCUT2D eigenvalue weighted by molar-refractivity contribution is 0.588. The third-order valence-corrected chi connectivity index (χ3v) is 3.37. The molecule has 0 aromatic heterocycles. The van der Waals surface area contributed by atoms with Gasteiger partial charge in [-0.15, -0.1) is 0 Å². The smallest absolute Gasteiger partial charge is 0.242 e. The van der Waals surface area contributed by atoms with Gasteiger partial charge >= 0.3 is 0 Å². The third kappa shape index (κ3) is 1.80. The Morgan fingerprint density at radius 2 is 1.93 bits per heavy atom. The fourth-order valence-electron chi connectivity index (χ4n) is 1.11.